The Balaban J connectivity index is 3.67. The number of carboxylic acids is 1. The number of hydrogen-bond donors (Lipinski definition) is 1. The fourth-order valence-corrected chi connectivity index (χ4v) is 2.12. The Morgan fingerprint density at radius 3 is 2.04 bits per heavy atom. The van der Waals surface area contributed by atoms with Crippen molar-refractivity contribution in [3.8, 4) is 5.75 Å². The number of aromatic carboxylic acids is 1. The molecule has 0 heterocycles. The molecule has 1 aromatic rings. The summed E-state index contributed by atoms with van der Waals surface area (Å²) in [6.07, 6.45) is 0. The van der Waals surface area contributed by atoms with Crippen LogP contribution in [0.4, 0.5) is 5.69 Å². The number of rotatable bonds is 8. The van der Waals surface area contributed by atoms with Gasteiger partial charge in [0, 0.05) is 12.1 Å². The smallest absolute Gasteiger partial charge is 0.336 e. The average molecular weight is 355 g/mol. The first kappa shape index (κ1) is 19.9. The number of nitrogens with zero attached hydrogens (tertiary/aromatic N) is 1. The van der Waals surface area contributed by atoms with E-state index < -0.39 is 45.6 Å². The van der Waals surface area contributed by atoms with Crippen molar-refractivity contribution in [3.63, 3.8) is 0 Å². The van der Waals surface area contributed by atoms with Gasteiger partial charge < -0.3 is 19.3 Å². The number of nitro groups is 1. The van der Waals surface area contributed by atoms with Gasteiger partial charge in [0.05, 0.1) is 30.8 Å². The Bertz CT molecular complexity index is 680. The standard InChI is InChI=1S/C15H17NO9/c1-4-24-14(19)12(15(20)25-5-2)8-6-10(16(21)22)11(23-3)7-9(8)13(17)18/h6-7,12H,4-5H2,1-3H3,(H,17,18). The molecule has 0 aliphatic rings. The van der Waals surface area contributed by atoms with E-state index in [2.05, 4.69) is 0 Å². The van der Waals surface area contributed by atoms with Gasteiger partial charge in [-0.1, -0.05) is 0 Å². The maximum atomic E-state index is 12.2. The first-order valence-electron chi connectivity index (χ1n) is 7.21. The minimum absolute atomic E-state index is 0.0740. The highest BCUT2D eigenvalue weighted by molar-refractivity contribution is 6.04. The van der Waals surface area contributed by atoms with E-state index >= 15 is 0 Å². The summed E-state index contributed by atoms with van der Waals surface area (Å²) < 4.78 is 14.4. The van der Waals surface area contributed by atoms with Crippen molar-refractivity contribution in [1.82, 2.24) is 0 Å². The molecule has 0 saturated carbocycles. The maximum Gasteiger partial charge on any atom is 0.336 e. The van der Waals surface area contributed by atoms with Crippen LogP contribution in [0.2, 0.25) is 0 Å². The summed E-state index contributed by atoms with van der Waals surface area (Å²) in [6.45, 7) is 2.84. The van der Waals surface area contributed by atoms with Crippen molar-refractivity contribution in [1.29, 1.82) is 0 Å². The summed E-state index contributed by atoms with van der Waals surface area (Å²) in [5, 5.41) is 20.5. The van der Waals surface area contributed by atoms with Crippen LogP contribution in [-0.2, 0) is 19.1 Å². The molecule has 0 unspecified atom stereocenters. The molecule has 1 aromatic carbocycles. The van der Waals surface area contributed by atoms with E-state index in [9.17, 15) is 29.6 Å². The van der Waals surface area contributed by atoms with Gasteiger partial charge >= 0.3 is 23.6 Å². The van der Waals surface area contributed by atoms with E-state index in [1.54, 1.807) is 0 Å². The minimum atomic E-state index is -1.77. The summed E-state index contributed by atoms with van der Waals surface area (Å²) in [6, 6.07) is 1.68. The largest absolute Gasteiger partial charge is 0.490 e. The van der Waals surface area contributed by atoms with Gasteiger partial charge in [-0.3, -0.25) is 19.7 Å². The van der Waals surface area contributed by atoms with Crippen LogP contribution in [0.5, 0.6) is 5.75 Å². The molecule has 1 N–H and O–H groups in total. The SMILES string of the molecule is CCOC(=O)C(C(=O)OCC)c1cc([N+](=O)[O-])c(OC)cc1C(=O)O. The molecule has 0 atom stereocenters. The predicted molar refractivity (Wildman–Crippen MR) is 82.6 cm³/mol. The summed E-state index contributed by atoms with van der Waals surface area (Å²) in [5.74, 6) is -5.72. The third-order valence-corrected chi connectivity index (χ3v) is 3.13. The Hall–Kier alpha value is -3.17. The van der Waals surface area contributed by atoms with Crippen molar-refractivity contribution < 1.29 is 38.6 Å². The molecule has 0 radical (unpaired) electrons. The maximum absolute atomic E-state index is 12.2. The van der Waals surface area contributed by atoms with Gasteiger partial charge in [0.15, 0.2) is 11.7 Å². The fraction of sp³-hybridized carbons (Fsp3) is 0.400. The van der Waals surface area contributed by atoms with Gasteiger partial charge in [0.2, 0.25) is 0 Å². The Kier molecular flexibility index (Phi) is 6.85. The minimum Gasteiger partial charge on any atom is -0.490 e. The molecule has 0 aliphatic carbocycles. The topological polar surface area (TPSA) is 142 Å². The molecule has 10 heteroatoms. The monoisotopic (exact) mass is 355 g/mol. The van der Waals surface area contributed by atoms with Gasteiger partial charge in [0.1, 0.15) is 0 Å². The second-order valence-corrected chi connectivity index (χ2v) is 4.61. The van der Waals surface area contributed by atoms with Crippen LogP contribution in [0, 0.1) is 10.1 Å². The number of carbonyl (C=O) groups is 3. The molecule has 0 bridgehead atoms. The summed E-state index contributed by atoms with van der Waals surface area (Å²) in [4.78, 5) is 46.2. The van der Waals surface area contributed by atoms with Gasteiger partial charge in [-0.05, 0) is 19.4 Å². The quantitative estimate of drug-likeness (QED) is 0.317. The number of benzene rings is 1. The van der Waals surface area contributed by atoms with Crippen LogP contribution < -0.4 is 4.74 Å². The zero-order valence-corrected chi connectivity index (χ0v) is 13.8. The number of nitro benzene ring substituents is 1. The lowest BCUT2D eigenvalue weighted by Gasteiger charge is -2.17. The second-order valence-electron chi connectivity index (χ2n) is 4.61. The van der Waals surface area contributed by atoms with Gasteiger partial charge in [-0.15, -0.1) is 0 Å². The number of carbonyl (C=O) groups excluding carboxylic acids is 2. The Labute approximate surface area is 142 Å². The van der Waals surface area contributed by atoms with E-state index in [-0.39, 0.29) is 19.0 Å². The zero-order chi connectivity index (χ0) is 19.1. The number of ether oxygens (including phenoxy) is 3. The van der Waals surface area contributed by atoms with E-state index in [1.807, 2.05) is 0 Å². The molecular weight excluding hydrogens is 338 g/mol. The molecule has 0 amide bonds. The first-order chi connectivity index (χ1) is 11.8. The van der Waals surface area contributed by atoms with E-state index in [4.69, 9.17) is 14.2 Å². The van der Waals surface area contributed by atoms with Crippen LogP contribution in [0.25, 0.3) is 0 Å². The van der Waals surface area contributed by atoms with Crippen LogP contribution in [0.3, 0.4) is 0 Å². The molecule has 0 spiro atoms. The van der Waals surface area contributed by atoms with Crippen molar-refractivity contribution in [2.75, 3.05) is 20.3 Å². The van der Waals surface area contributed by atoms with Gasteiger partial charge in [-0.25, -0.2) is 4.79 Å². The number of esters is 2. The van der Waals surface area contributed by atoms with E-state index in [1.165, 1.54) is 13.8 Å². The third-order valence-electron chi connectivity index (χ3n) is 3.13. The lowest BCUT2D eigenvalue weighted by atomic mass is 9.93. The molecule has 136 valence electrons. The average Bonchev–Trinajstić information content (AvgIpc) is 2.54. The van der Waals surface area contributed by atoms with Crippen LogP contribution in [0.1, 0.15) is 35.7 Å². The number of hydrogen-bond acceptors (Lipinski definition) is 8. The molecule has 0 fully saturated rings. The fourth-order valence-electron chi connectivity index (χ4n) is 2.12. The first-order valence-corrected chi connectivity index (χ1v) is 7.21. The molecule has 0 aromatic heterocycles. The van der Waals surface area contributed by atoms with Crippen LogP contribution >= 0.6 is 0 Å². The summed E-state index contributed by atoms with van der Waals surface area (Å²) in [5.41, 5.74) is -1.51. The predicted octanol–water partition coefficient (Wildman–Crippen LogP) is 1.51. The summed E-state index contributed by atoms with van der Waals surface area (Å²) in [7, 11) is 1.13. The molecule has 0 saturated heterocycles. The van der Waals surface area contributed by atoms with Gasteiger partial charge in [0.25, 0.3) is 0 Å². The van der Waals surface area contributed by atoms with Crippen molar-refractivity contribution in [3.05, 3.63) is 33.4 Å². The highest BCUT2D eigenvalue weighted by Gasteiger charge is 2.37. The normalized spacial score (nSPS) is 10.2. The molecule has 1 rings (SSSR count). The zero-order valence-electron chi connectivity index (χ0n) is 13.8. The molecule has 25 heavy (non-hydrogen) atoms. The van der Waals surface area contributed by atoms with Crippen LogP contribution in [0.15, 0.2) is 12.1 Å². The highest BCUT2D eigenvalue weighted by Crippen LogP contribution is 2.35. The lowest BCUT2D eigenvalue weighted by Crippen LogP contribution is -2.28. The van der Waals surface area contributed by atoms with Crippen LogP contribution in [-0.4, -0.2) is 48.3 Å². The molecule has 0 aliphatic heterocycles. The Morgan fingerprint density at radius 2 is 1.68 bits per heavy atom. The lowest BCUT2D eigenvalue weighted by molar-refractivity contribution is -0.385. The van der Waals surface area contributed by atoms with Crippen molar-refractivity contribution >= 4 is 23.6 Å². The van der Waals surface area contributed by atoms with Gasteiger partial charge in [-0.2, -0.15) is 0 Å². The highest BCUT2D eigenvalue weighted by atomic mass is 16.6. The van der Waals surface area contributed by atoms with Crippen molar-refractivity contribution in [2.45, 2.75) is 19.8 Å². The number of carboxylic acid groups (broad SMARTS) is 1. The third kappa shape index (κ3) is 4.43. The molecule has 10 nitrogen and oxygen atoms in total. The second kappa shape index (κ2) is 8.62. The molecular formula is C15H17NO9. The van der Waals surface area contributed by atoms with E-state index in [0.29, 0.717) is 0 Å². The number of methoxy groups -OCH3 is 1. The summed E-state index contributed by atoms with van der Waals surface area (Å²) >= 11 is 0. The van der Waals surface area contributed by atoms with E-state index in [0.717, 1.165) is 19.2 Å². The van der Waals surface area contributed by atoms with Crippen molar-refractivity contribution in [2.24, 2.45) is 0 Å². The Morgan fingerprint density at radius 1 is 1.16 bits per heavy atom.